The molecule has 0 aromatic carbocycles. The summed E-state index contributed by atoms with van der Waals surface area (Å²) in [5, 5.41) is 5.85. The molecule has 13 heavy (non-hydrogen) atoms. The van der Waals surface area contributed by atoms with Gasteiger partial charge in [-0.25, -0.2) is 0 Å². The van der Waals surface area contributed by atoms with Gasteiger partial charge in [0.2, 0.25) is 0 Å². The van der Waals surface area contributed by atoms with Gasteiger partial charge in [-0.05, 0) is 29.3 Å². The molecule has 0 saturated carbocycles. The quantitative estimate of drug-likeness (QED) is 0.765. The van der Waals surface area contributed by atoms with Crippen LogP contribution in [0.25, 0.3) is 0 Å². The molecule has 0 spiro atoms. The Balaban J connectivity index is 2.24. The van der Waals surface area contributed by atoms with E-state index in [2.05, 4.69) is 30.6 Å². The number of hydrogen-bond donors (Lipinski definition) is 1. The van der Waals surface area contributed by atoms with Crippen molar-refractivity contribution in [3.63, 3.8) is 0 Å². The highest BCUT2D eigenvalue weighted by Crippen LogP contribution is 2.33. The van der Waals surface area contributed by atoms with E-state index in [0.29, 0.717) is 6.04 Å². The van der Waals surface area contributed by atoms with E-state index in [1.54, 1.807) is 10.4 Å². The predicted octanol–water partition coefficient (Wildman–Crippen LogP) is 2.98. The minimum absolute atomic E-state index is 0.611. The van der Waals surface area contributed by atoms with Crippen molar-refractivity contribution in [3.8, 4) is 0 Å². The molecule has 1 aromatic heterocycles. The Morgan fingerprint density at radius 2 is 2.54 bits per heavy atom. The van der Waals surface area contributed by atoms with Crippen LogP contribution in [0, 0.1) is 5.92 Å². The van der Waals surface area contributed by atoms with E-state index >= 15 is 0 Å². The third kappa shape index (κ3) is 1.65. The Morgan fingerprint density at radius 3 is 3.31 bits per heavy atom. The van der Waals surface area contributed by atoms with Gasteiger partial charge in [-0.1, -0.05) is 20.3 Å². The largest absolute Gasteiger partial charge is 0.309 e. The zero-order valence-electron chi connectivity index (χ0n) is 8.34. The van der Waals surface area contributed by atoms with Crippen molar-refractivity contribution in [2.75, 3.05) is 6.54 Å². The summed E-state index contributed by atoms with van der Waals surface area (Å²) in [6.07, 6.45) is 2.48. The van der Waals surface area contributed by atoms with Crippen LogP contribution in [0.5, 0.6) is 0 Å². The minimum atomic E-state index is 0.611. The monoisotopic (exact) mass is 195 g/mol. The van der Waals surface area contributed by atoms with Crippen LogP contribution < -0.4 is 5.32 Å². The number of rotatable bonds is 2. The molecule has 2 heterocycles. The van der Waals surface area contributed by atoms with Gasteiger partial charge in [-0.3, -0.25) is 0 Å². The normalized spacial score (nSPS) is 24.0. The minimum Gasteiger partial charge on any atom is -0.309 e. The summed E-state index contributed by atoms with van der Waals surface area (Å²) in [5.41, 5.74) is 1.56. The molecule has 2 heteroatoms. The topological polar surface area (TPSA) is 12.0 Å². The van der Waals surface area contributed by atoms with Crippen LogP contribution in [0.1, 0.15) is 36.8 Å². The van der Waals surface area contributed by atoms with Crippen LogP contribution in [0.15, 0.2) is 11.4 Å². The van der Waals surface area contributed by atoms with Gasteiger partial charge in [0, 0.05) is 17.5 Å². The fourth-order valence-corrected chi connectivity index (χ4v) is 2.96. The summed E-state index contributed by atoms with van der Waals surface area (Å²) in [6.45, 7) is 5.76. The van der Waals surface area contributed by atoms with Crippen LogP contribution in [0.4, 0.5) is 0 Å². The molecule has 0 amide bonds. The third-order valence-electron chi connectivity index (χ3n) is 3.04. The van der Waals surface area contributed by atoms with Gasteiger partial charge in [0.25, 0.3) is 0 Å². The Morgan fingerprint density at radius 1 is 1.69 bits per heavy atom. The smallest absolute Gasteiger partial charge is 0.0357 e. The molecule has 1 nitrogen and oxygen atoms in total. The second kappa shape index (κ2) is 3.81. The highest BCUT2D eigenvalue weighted by molar-refractivity contribution is 7.10. The maximum absolute atomic E-state index is 3.62. The van der Waals surface area contributed by atoms with Gasteiger partial charge in [-0.15, -0.1) is 11.3 Å². The Labute approximate surface area is 84.2 Å². The van der Waals surface area contributed by atoms with Gasteiger partial charge in [0.05, 0.1) is 0 Å². The highest BCUT2D eigenvalue weighted by Gasteiger charge is 2.24. The first-order valence-electron chi connectivity index (χ1n) is 5.12. The molecule has 2 unspecified atom stereocenters. The maximum Gasteiger partial charge on any atom is 0.0357 e. The van der Waals surface area contributed by atoms with Crippen LogP contribution >= 0.6 is 11.3 Å². The lowest BCUT2D eigenvalue weighted by Gasteiger charge is -2.28. The second-order valence-corrected chi connectivity index (χ2v) is 4.87. The van der Waals surface area contributed by atoms with E-state index in [4.69, 9.17) is 0 Å². The van der Waals surface area contributed by atoms with Crippen molar-refractivity contribution in [2.45, 2.75) is 32.7 Å². The molecule has 0 aliphatic carbocycles. The van der Waals surface area contributed by atoms with E-state index in [0.717, 1.165) is 12.5 Å². The lowest BCUT2D eigenvalue weighted by molar-refractivity contribution is 0.365. The summed E-state index contributed by atoms with van der Waals surface area (Å²) in [4.78, 5) is 1.60. The van der Waals surface area contributed by atoms with Gasteiger partial charge in [-0.2, -0.15) is 0 Å². The van der Waals surface area contributed by atoms with Crippen molar-refractivity contribution in [1.29, 1.82) is 0 Å². The molecular weight excluding hydrogens is 178 g/mol. The van der Waals surface area contributed by atoms with Crippen molar-refractivity contribution >= 4 is 11.3 Å². The second-order valence-electron chi connectivity index (χ2n) is 3.87. The van der Waals surface area contributed by atoms with Crippen LogP contribution in [0.3, 0.4) is 0 Å². The first-order chi connectivity index (χ1) is 6.33. The third-order valence-corrected chi connectivity index (χ3v) is 4.04. The average molecular weight is 195 g/mol. The molecule has 1 N–H and O–H groups in total. The summed E-state index contributed by atoms with van der Waals surface area (Å²) in [5.74, 6) is 0.758. The number of nitrogens with one attached hydrogen (secondary N) is 1. The summed E-state index contributed by atoms with van der Waals surface area (Å²) < 4.78 is 0. The van der Waals surface area contributed by atoms with Crippen LogP contribution in [-0.2, 0) is 6.42 Å². The van der Waals surface area contributed by atoms with E-state index in [1.807, 2.05) is 11.3 Å². The van der Waals surface area contributed by atoms with E-state index in [-0.39, 0.29) is 0 Å². The first-order valence-corrected chi connectivity index (χ1v) is 6.00. The van der Waals surface area contributed by atoms with Crippen molar-refractivity contribution < 1.29 is 0 Å². The summed E-state index contributed by atoms with van der Waals surface area (Å²) in [6, 6.07) is 2.91. The molecular formula is C11H17NS. The van der Waals surface area contributed by atoms with Crippen LogP contribution in [0.2, 0.25) is 0 Å². The summed E-state index contributed by atoms with van der Waals surface area (Å²) >= 11 is 1.92. The summed E-state index contributed by atoms with van der Waals surface area (Å²) in [7, 11) is 0. The van der Waals surface area contributed by atoms with Crippen LogP contribution in [-0.4, -0.2) is 6.54 Å². The molecule has 2 rings (SSSR count). The van der Waals surface area contributed by atoms with Crippen molar-refractivity contribution in [2.24, 2.45) is 5.92 Å². The van der Waals surface area contributed by atoms with Gasteiger partial charge in [0.1, 0.15) is 0 Å². The molecule has 0 bridgehead atoms. The van der Waals surface area contributed by atoms with E-state index in [9.17, 15) is 0 Å². The molecule has 0 fully saturated rings. The Kier molecular flexibility index (Phi) is 2.70. The molecule has 72 valence electrons. The van der Waals surface area contributed by atoms with Gasteiger partial charge < -0.3 is 5.32 Å². The lowest BCUT2D eigenvalue weighted by Crippen LogP contribution is -2.32. The SMILES string of the molecule is CCC(C)C1NCCc2sccc21. The first kappa shape index (κ1) is 9.22. The molecule has 1 aromatic rings. The van der Waals surface area contributed by atoms with Gasteiger partial charge in [0.15, 0.2) is 0 Å². The zero-order valence-corrected chi connectivity index (χ0v) is 9.16. The number of hydrogen-bond acceptors (Lipinski definition) is 2. The molecule has 0 radical (unpaired) electrons. The van der Waals surface area contributed by atoms with Crippen molar-refractivity contribution in [3.05, 3.63) is 21.9 Å². The Hall–Kier alpha value is -0.340. The standard InChI is InChI=1S/C11H17NS/c1-3-8(2)11-9-5-7-13-10(9)4-6-12-11/h5,7-8,11-12H,3-4,6H2,1-2H3. The van der Waals surface area contributed by atoms with Crippen molar-refractivity contribution in [1.82, 2.24) is 5.32 Å². The van der Waals surface area contributed by atoms with Gasteiger partial charge >= 0.3 is 0 Å². The fraction of sp³-hybridized carbons (Fsp3) is 0.636. The molecule has 2 atom stereocenters. The molecule has 0 saturated heterocycles. The maximum atomic E-state index is 3.62. The van der Waals surface area contributed by atoms with E-state index < -0.39 is 0 Å². The number of thiophene rings is 1. The molecule has 1 aliphatic heterocycles. The highest BCUT2D eigenvalue weighted by atomic mass is 32.1. The lowest BCUT2D eigenvalue weighted by atomic mass is 9.90. The Bertz CT molecular complexity index is 279. The predicted molar refractivity (Wildman–Crippen MR) is 58.2 cm³/mol. The average Bonchev–Trinajstić information content (AvgIpc) is 2.63. The fourth-order valence-electron chi connectivity index (χ4n) is 2.03. The van der Waals surface area contributed by atoms with E-state index in [1.165, 1.54) is 12.8 Å². The molecule has 1 aliphatic rings. The number of fused-ring (bicyclic) bond motifs is 1. The zero-order chi connectivity index (χ0) is 9.26.